The van der Waals surface area contributed by atoms with Crippen LogP contribution in [-0.4, -0.2) is 37.8 Å². The minimum atomic E-state index is -0.711. The van der Waals surface area contributed by atoms with Gasteiger partial charge in [-0.05, 0) is 44.6 Å². The van der Waals surface area contributed by atoms with Gasteiger partial charge in [0.1, 0.15) is 5.75 Å². The second-order valence-corrected chi connectivity index (χ2v) is 5.86. The van der Waals surface area contributed by atoms with Gasteiger partial charge < -0.3 is 14.7 Å². The molecule has 1 aliphatic carbocycles. The molecule has 2 atom stereocenters. The van der Waals surface area contributed by atoms with Crippen LogP contribution in [0.25, 0.3) is 0 Å². The van der Waals surface area contributed by atoms with Crippen molar-refractivity contribution in [3.63, 3.8) is 0 Å². The summed E-state index contributed by atoms with van der Waals surface area (Å²) in [7, 11) is 5.81. The molecule has 1 aromatic rings. The predicted octanol–water partition coefficient (Wildman–Crippen LogP) is 3.25. The first kappa shape index (κ1) is 17.7. The lowest BCUT2D eigenvalue weighted by atomic mass is 9.71. The van der Waals surface area contributed by atoms with Gasteiger partial charge in [-0.2, -0.15) is 0 Å². The Labute approximate surface area is 139 Å². The summed E-state index contributed by atoms with van der Waals surface area (Å²) in [5.41, 5.74) is 0.287. The first-order chi connectivity index (χ1) is 9.06. The fourth-order valence-electron chi connectivity index (χ4n) is 3.18. The summed E-state index contributed by atoms with van der Waals surface area (Å²) in [6.45, 7) is 0.924. The Morgan fingerprint density at radius 2 is 2.10 bits per heavy atom. The average molecular weight is 391 g/mol. The molecule has 1 aliphatic rings. The number of methoxy groups -OCH3 is 1. The third-order valence-corrected chi connectivity index (χ3v) is 4.19. The first-order valence-electron chi connectivity index (χ1n) is 7.08. The average Bonchev–Trinajstić information content (AvgIpc) is 2.41. The number of hydrogen-bond acceptors (Lipinski definition) is 3. The van der Waals surface area contributed by atoms with E-state index in [4.69, 9.17) is 4.74 Å². The fourth-order valence-corrected chi connectivity index (χ4v) is 3.18. The number of benzene rings is 1. The number of nitrogens with zero attached hydrogens (tertiary/aromatic N) is 1. The summed E-state index contributed by atoms with van der Waals surface area (Å²) in [4.78, 5) is 2.17. The van der Waals surface area contributed by atoms with Crippen LogP contribution < -0.4 is 4.74 Å². The summed E-state index contributed by atoms with van der Waals surface area (Å²) >= 11 is 0. The molecule has 0 aromatic heterocycles. The minimum Gasteiger partial charge on any atom is -0.497 e. The Kier molecular flexibility index (Phi) is 6.75. The van der Waals surface area contributed by atoms with Gasteiger partial charge in [-0.1, -0.05) is 25.0 Å². The van der Waals surface area contributed by atoms with E-state index >= 15 is 0 Å². The van der Waals surface area contributed by atoms with E-state index in [1.807, 2.05) is 24.3 Å². The lowest BCUT2D eigenvalue weighted by Gasteiger charge is -2.41. The van der Waals surface area contributed by atoms with Crippen molar-refractivity contribution in [3.05, 3.63) is 29.8 Å². The Balaban J connectivity index is 0.00000200. The van der Waals surface area contributed by atoms with E-state index in [0.717, 1.165) is 37.1 Å². The molecule has 1 N–H and O–H groups in total. The van der Waals surface area contributed by atoms with Crippen LogP contribution >= 0.6 is 24.0 Å². The van der Waals surface area contributed by atoms with Crippen molar-refractivity contribution >= 4 is 24.0 Å². The quantitative estimate of drug-likeness (QED) is 0.800. The zero-order chi connectivity index (χ0) is 13.9. The summed E-state index contributed by atoms with van der Waals surface area (Å²) in [5, 5.41) is 11.2. The molecule has 2 rings (SSSR count). The molecule has 0 radical (unpaired) electrons. The Hall–Kier alpha value is -0.330. The van der Waals surface area contributed by atoms with Crippen molar-refractivity contribution in [2.45, 2.75) is 31.3 Å². The van der Waals surface area contributed by atoms with E-state index in [1.54, 1.807) is 7.11 Å². The van der Waals surface area contributed by atoms with Crippen LogP contribution in [0.2, 0.25) is 0 Å². The van der Waals surface area contributed by atoms with Crippen LogP contribution in [0, 0.1) is 5.92 Å². The molecule has 3 nitrogen and oxygen atoms in total. The summed E-state index contributed by atoms with van der Waals surface area (Å²) in [5.74, 6) is 1.11. The van der Waals surface area contributed by atoms with Gasteiger partial charge in [0.2, 0.25) is 0 Å². The van der Waals surface area contributed by atoms with Crippen molar-refractivity contribution in [2.75, 3.05) is 27.7 Å². The number of rotatable bonds is 4. The van der Waals surface area contributed by atoms with E-state index in [9.17, 15) is 5.11 Å². The highest BCUT2D eigenvalue weighted by molar-refractivity contribution is 14.0. The number of aliphatic hydroxyl groups is 1. The van der Waals surface area contributed by atoms with E-state index in [0.29, 0.717) is 5.92 Å². The third-order valence-electron chi connectivity index (χ3n) is 4.19. The number of ether oxygens (including phenoxy) is 1. The highest BCUT2D eigenvalue weighted by Crippen LogP contribution is 2.42. The highest BCUT2D eigenvalue weighted by Gasteiger charge is 2.40. The van der Waals surface area contributed by atoms with E-state index in [1.165, 1.54) is 6.42 Å². The van der Waals surface area contributed by atoms with E-state index in [-0.39, 0.29) is 24.0 Å². The van der Waals surface area contributed by atoms with Crippen LogP contribution in [-0.2, 0) is 5.60 Å². The molecule has 1 aromatic carbocycles. The smallest absolute Gasteiger partial charge is 0.119 e. The second kappa shape index (κ2) is 7.61. The van der Waals surface area contributed by atoms with Crippen molar-refractivity contribution in [1.29, 1.82) is 0 Å². The van der Waals surface area contributed by atoms with Crippen LogP contribution in [0.1, 0.15) is 31.2 Å². The monoisotopic (exact) mass is 391 g/mol. The van der Waals surface area contributed by atoms with Crippen molar-refractivity contribution in [1.82, 2.24) is 4.90 Å². The first-order valence-corrected chi connectivity index (χ1v) is 7.08. The molecule has 0 amide bonds. The molecule has 0 heterocycles. The largest absolute Gasteiger partial charge is 0.497 e. The molecule has 0 spiro atoms. The summed E-state index contributed by atoms with van der Waals surface area (Å²) in [6.07, 6.45) is 4.24. The van der Waals surface area contributed by atoms with Crippen LogP contribution in [0.15, 0.2) is 24.3 Å². The normalized spacial score (nSPS) is 26.1. The van der Waals surface area contributed by atoms with Crippen LogP contribution in [0.3, 0.4) is 0 Å². The van der Waals surface area contributed by atoms with Crippen molar-refractivity contribution in [3.8, 4) is 5.75 Å². The maximum absolute atomic E-state index is 11.2. The Morgan fingerprint density at radius 1 is 1.35 bits per heavy atom. The van der Waals surface area contributed by atoms with Gasteiger partial charge in [0.05, 0.1) is 12.7 Å². The molecule has 1 saturated carbocycles. The SMILES string of the molecule is COc1cccc([C@@]2(O)CCCC[C@@H]2CN(C)C)c1.I. The van der Waals surface area contributed by atoms with Crippen molar-refractivity contribution in [2.24, 2.45) is 5.92 Å². The van der Waals surface area contributed by atoms with Crippen molar-refractivity contribution < 1.29 is 9.84 Å². The molecular weight excluding hydrogens is 365 g/mol. The molecule has 114 valence electrons. The molecule has 4 heteroatoms. The molecule has 0 aliphatic heterocycles. The van der Waals surface area contributed by atoms with Gasteiger partial charge >= 0.3 is 0 Å². The fraction of sp³-hybridized carbons (Fsp3) is 0.625. The Morgan fingerprint density at radius 3 is 2.75 bits per heavy atom. The van der Waals surface area contributed by atoms with Gasteiger partial charge in [0, 0.05) is 12.5 Å². The van der Waals surface area contributed by atoms with Gasteiger partial charge in [0.15, 0.2) is 0 Å². The Bertz CT molecular complexity index is 425. The molecule has 0 unspecified atom stereocenters. The highest BCUT2D eigenvalue weighted by atomic mass is 127. The second-order valence-electron chi connectivity index (χ2n) is 5.86. The maximum atomic E-state index is 11.2. The van der Waals surface area contributed by atoms with Gasteiger partial charge in [-0.25, -0.2) is 0 Å². The van der Waals surface area contributed by atoms with E-state index < -0.39 is 5.60 Å². The van der Waals surface area contributed by atoms with Crippen LogP contribution in [0.4, 0.5) is 0 Å². The third kappa shape index (κ3) is 3.86. The zero-order valence-electron chi connectivity index (χ0n) is 12.6. The molecule has 0 bridgehead atoms. The predicted molar refractivity (Wildman–Crippen MR) is 92.8 cm³/mol. The maximum Gasteiger partial charge on any atom is 0.119 e. The molecule has 1 fully saturated rings. The topological polar surface area (TPSA) is 32.7 Å². The van der Waals surface area contributed by atoms with E-state index in [2.05, 4.69) is 19.0 Å². The number of hydrogen-bond donors (Lipinski definition) is 1. The minimum absolute atomic E-state index is 0. The molecular formula is C16H26INO2. The lowest BCUT2D eigenvalue weighted by Crippen LogP contribution is -2.43. The standard InChI is InChI=1S/C16H25NO2.HI/c1-17(2)12-14-7-4-5-10-16(14,18)13-8-6-9-15(11-13)19-3;/h6,8-9,11,14,18H,4-5,7,10,12H2,1-3H3;1H/t14-,16+;/m1./s1. The zero-order valence-corrected chi connectivity index (χ0v) is 15.0. The summed E-state index contributed by atoms with van der Waals surface area (Å²) < 4.78 is 5.29. The molecule has 0 saturated heterocycles. The molecule has 20 heavy (non-hydrogen) atoms. The number of halogens is 1. The lowest BCUT2D eigenvalue weighted by molar-refractivity contribution is -0.0619. The van der Waals surface area contributed by atoms with Crippen LogP contribution in [0.5, 0.6) is 5.75 Å². The van der Waals surface area contributed by atoms with Gasteiger partial charge in [-0.15, -0.1) is 24.0 Å². The van der Waals surface area contributed by atoms with Gasteiger partial charge in [-0.3, -0.25) is 0 Å². The summed E-state index contributed by atoms with van der Waals surface area (Å²) in [6, 6.07) is 7.90. The van der Waals surface area contributed by atoms with Gasteiger partial charge in [0.25, 0.3) is 0 Å².